The van der Waals surface area contributed by atoms with Gasteiger partial charge in [-0.2, -0.15) is 47.9 Å². The molecule has 1 aromatic heterocycles. The second-order valence-electron chi connectivity index (χ2n) is 6.06. The van der Waals surface area contributed by atoms with Crippen LogP contribution in [-0.2, 0) is 10.1 Å². The van der Waals surface area contributed by atoms with Crippen molar-refractivity contribution in [3.63, 3.8) is 0 Å². The first-order valence-corrected chi connectivity index (χ1v) is 9.38. The minimum absolute atomic E-state index is 0.0347. The first kappa shape index (κ1) is 25.5. The number of rotatable bonds is 3. The molecule has 0 radical (unpaired) electrons. The SMILES string of the molecule is O=S(=O)(O)C(F)(F)C(F)(F)C(F)(F)C(F)(F)F.O=c1c2ccccc2oc2ccccc12. The van der Waals surface area contributed by atoms with E-state index >= 15 is 0 Å². The normalized spacial score (nSPS) is 13.7. The Labute approximate surface area is 171 Å². The summed E-state index contributed by atoms with van der Waals surface area (Å²) in [7, 11) is -7.17. The number of hydrogen-bond acceptors (Lipinski definition) is 4. The molecule has 0 saturated heterocycles. The van der Waals surface area contributed by atoms with Crippen LogP contribution in [0.15, 0.2) is 57.7 Å². The Bertz CT molecular complexity index is 1240. The monoisotopic (exact) mass is 496 g/mol. The molecule has 1 N–H and O–H groups in total. The zero-order chi connectivity index (χ0) is 24.8. The van der Waals surface area contributed by atoms with Gasteiger partial charge in [0.15, 0.2) is 0 Å². The molecule has 0 fully saturated rings. The van der Waals surface area contributed by atoms with Gasteiger partial charge in [-0.25, -0.2) is 0 Å². The van der Waals surface area contributed by atoms with Gasteiger partial charge < -0.3 is 4.42 Å². The summed E-state index contributed by atoms with van der Waals surface area (Å²) in [4.78, 5) is 12.0. The van der Waals surface area contributed by atoms with Crippen LogP contribution in [0.4, 0.5) is 39.5 Å². The average molecular weight is 496 g/mol. The van der Waals surface area contributed by atoms with E-state index in [9.17, 15) is 52.7 Å². The van der Waals surface area contributed by atoms with E-state index in [1.54, 1.807) is 12.1 Å². The molecule has 0 spiro atoms. The summed E-state index contributed by atoms with van der Waals surface area (Å²) in [6, 6.07) is 14.6. The second-order valence-corrected chi connectivity index (χ2v) is 7.52. The van der Waals surface area contributed by atoms with E-state index in [0.29, 0.717) is 21.9 Å². The van der Waals surface area contributed by atoms with Gasteiger partial charge in [0.2, 0.25) is 5.43 Å². The number of benzene rings is 2. The summed E-state index contributed by atoms with van der Waals surface area (Å²) in [6.07, 6.45) is -7.13. The first-order valence-electron chi connectivity index (χ1n) is 7.94. The predicted octanol–water partition coefficient (Wildman–Crippen LogP) is 5.25. The number of para-hydroxylation sites is 2. The van der Waals surface area contributed by atoms with Crippen molar-refractivity contribution in [3.8, 4) is 0 Å². The maximum atomic E-state index is 12.2. The zero-order valence-electron chi connectivity index (χ0n) is 15.0. The maximum absolute atomic E-state index is 12.2. The Balaban J connectivity index is 0.000000227. The summed E-state index contributed by atoms with van der Waals surface area (Å²) in [5.74, 6) is -14.7. The van der Waals surface area contributed by atoms with Gasteiger partial charge in [-0.05, 0) is 24.3 Å². The van der Waals surface area contributed by atoms with Crippen LogP contribution in [0.2, 0.25) is 0 Å². The summed E-state index contributed by atoms with van der Waals surface area (Å²) in [5, 5.41) is -5.73. The lowest BCUT2D eigenvalue weighted by Crippen LogP contribution is -2.63. The molecule has 3 rings (SSSR count). The molecule has 0 aliphatic heterocycles. The fourth-order valence-electron chi connectivity index (χ4n) is 2.27. The Hall–Kier alpha value is -2.81. The highest BCUT2D eigenvalue weighted by Gasteiger charge is 2.85. The fraction of sp³-hybridized carbons (Fsp3) is 0.235. The van der Waals surface area contributed by atoms with Gasteiger partial charge in [-0.1, -0.05) is 24.3 Å². The largest absolute Gasteiger partial charge is 0.460 e. The summed E-state index contributed by atoms with van der Waals surface area (Å²) in [5.41, 5.74) is 1.31. The topological polar surface area (TPSA) is 84.6 Å². The molecule has 0 bridgehead atoms. The van der Waals surface area contributed by atoms with Gasteiger partial charge in [0.25, 0.3) is 0 Å². The van der Waals surface area contributed by atoms with E-state index in [4.69, 9.17) is 8.97 Å². The maximum Gasteiger partial charge on any atom is 0.460 e. The summed E-state index contributed by atoms with van der Waals surface area (Å²) >= 11 is 0. The van der Waals surface area contributed by atoms with Gasteiger partial charge in [0, 0.05) is 0 Å². The molecule has 0 unspecified atom stereocenters. The van der Waals surface area contributed by atoms with Crippen molar-refractivity contribution in [1.29, 1.82) is 0 Å². The molecule has 15 heteroatoms. The van der Waals surface area contributed by atoms with Crippen molar-refractivity contribution in [3.05, 3.63) is 58.8 Å². The third kappa shape index (κ3) is 4.13. The smallest absolute Gasteiger partial charge is 0.456 e. The van der Waals surface area contributed by atoms with Gasteiger partial charge in [-0.3, -0.25) is 9.35 Å². The Kier molecular flexibility index (Phi) is 6.33. The van der Waals surface area contributed by atoms with E-state index in [1.807, 2.05) is 36.4 Å². The molecule has 32 heavy (non-hydrogen) atoms. The van der Waals surface area contributed by atoms with Crippen molar-refractivity contribution < 1.29 is 56.9 Å². The lowest BCUT2D eigenvalue weighted by atomic mass is 10.1. The molecule has 0 aliphatic rings. The molecule has 2 aromatic carbocycles. The van der Waals surface area contributed by atoms with Gasteiger partial charge in [0.1, 0.15) is 11.2 Å². The van der Waals surface area contributed by atoms with Crippen LogP contribution >= 0.6 is 0 Å². The molecule has 5 nitrogen and oxygen atoms in total. The van der Waals surface area contributed by atoms with Crippen LogP contribution in [0.5, 0.6) is 0 Å². The second kappa shape index (κ2) is 7.95. The number of hydrogen-bond donors (Lipinski definition) is 1. The molecule has 1 heterocycles. The van der Waals surface area contributed by atoms with Crippen molar-refractivity contribution in [2.24, 2.45) is 0 Å². The Morgan fingerprint density at radius 1 is 0.688 bits per heavy atom. The summed E-state index contributed by atoms with van der Waals surface area (Å²) < 4.78 is 140. The molecule has 0 atom stereocenters. The van der Waals surface area contributed by atoms with Crippen molar-refractivity contribution in [2.75, 3.05) is 0 Å². The highest BCUT2D eigenvalue weighted by atomic mass is 32.2. The number of fused-ring (bicyclic) bond motifs is 2. The van der Waals surface area contributed by atoms with Crippen LogP contribution in [0, 0.1) is 0 Å². The summed E-state index contributed by atoms with van der Waals surface area (Å²) in [6.45, 7) is 0. The first-order chi connectivity index (χ1) is 14.4. The lowest BCUT2D eigenvalue weighted by Gasteiger charge is -2.31. The van der Waals surface area contributed by atoms with Gasteiger partial charge in [-0.15, -0.1) is 0 Å². The fourth-order valence-corrected chi connectivity index (χ4v) is 2.72. The standard InChI is InChI=1S/C13H8O2.C4HF9O3S/c14-13-9-5-1-3-7-11(9)15-12-8-4-2-6-10(12)13;5-1(6,3(9,10)11)2(7,8)4(12,13)17(14,15)16/h1-8H;(H,14,15,16). The van der Waals surface area contributed by atoms with E-state index < -0.39 is 33.4 Å². The van der Waals surface area contributed by atoms with Gasteiger partial charge in [0.05, 0.1) is 10.8 Å². The third-order valence-corrected chi connectivity index (χ3v) is 4.83. The van der Waals surface area contributed by atoms with E-state index in [2.05, 4.69) is 0 Å². The lowest BCUT2D eigenvalue weighted by molar-refractivity contribution is -0.382. The number of alkyl halides is 9. The zero-order valence-corrected chi connectivity index (χ0v) is 15.8. The minimum atomic E-state index is -7.37. The van der Waals surface area contributed by atoms with Gasteiger partial charge >= 0.3 is 33.4 Å². The number of halogens is 9. The van der Waals surface area contributed by atoms with Crippen molar-refractivity contribution in [2.45, 2.75) is 23.3 Å². The predicted molar refractivity (Wildman–Crippen MR) is 92.4 cm³/mol. The molecule has 176 valence electrons. The van der Waals surface area contributed by atoms with Crippen molar-refractivity contribution in [1.82, 2.24) is 0 Å². The van der Waals surface area contributed by atoms with Crippen molar-refractivity contribution >= 4 is 32.1 Å². The van der Waals surface area contributed by atoms with Crippen LogP contribution in [0.3, 0.4) is 0 Å². The molecule has 0 saturated carbocycles. The molecule has 0 aliphatic carbocycles. The molecular formula is C17H9F9O5S. The molecule has 3 aromatic rings. The van der Waals surface area contributed by atoms with Crippen LogP contribution < -0.4 is 5.43 Å². The molecule has 0 amide bonds. The van der Waals surface area contributed by atoms with Crippen LogP contribution in [0.25, 0.3) is 21.9 Å². The molecular weight excluding hydrogens is 487 g/mol. The third-order valence-electron chi connectivity index (χ3n) is 3.92. The van der Waals surface area contributed by atoms with E-state index in [-0.39, 0.29) is 5.43 Å². The van der Waals surface area contributed by atoms with E-state index in [0.717, 1.165) is 0 Å². The van der Waals surface area contributed by atoms with E-state index in [1.165, 1.54) is 0 Å². The Morgan fingerprint density at radius 2 is 1.06 bits per heavy atom. The Morgan fingerprint density at radius 3 is 1.41 bits per heavy atom. The van der Waals surface area contributed by atoms with Crippen LogP contribution in [-0.4, -0.2) is 36.2 Å². The highest BCUT2D eigenvalue weighted by Crippen LogP contribution is 2.54. The van der Waals surface area contributed by atoms with Crippen LogP contribution in [0.1, 0.15) is 0 Å². The quantitative estimate of drug-likeness (QED) is 0.305. The highest BCUT2D eigenvalue weighted by molar-refractivity contribution is 7.87. The minimum Gasteiger partial charge on any atom is -0.456 e. The average Bonchev–Trinajstić information content (AvgIpc) is 2.67.